The number of ether oxygens (including phenoxy) is 1. The van der Waals surface area contributed by atoms with Crippen molar-refractivity contribution in [3.05, 3.63) is 57.5 Å². The molecule has 0 bridgehead atoms. The highest BCUT2D eigenvalue weighted by molar-refractivity contribution is 9.10. The Morgan fingerprint density at radius 1 is 1.25 bits per heavy atom. The zero-order valence-electron chi connectivity index (χ0n) is 11.5. The molecule has 0 saturated carbocycles. The monoisotopic (exact) mass is 353 g/mol. The molecule has 0 spiro atoms. The van der Waals surface area contributed by atoms with Crippen LogP contribution in [0.5, 0.6) is 5.75 Å². The molecule has 0 saturated heterocycles. The normalized spacial score (nSPS) is 12.0. The van der Waals surface area contributed by atoms with Gasteiger partial charge in [-0.15, -0.1) is 0 Å². The topological polar surface area (TPSA) is 21.3 Å². The molecule has 4 heteroatoms. The van der Waals surface area contributed by atoms with E-state index in [9.17, 15) is 0 Å². The fourth-order valence-corrected chi connectivity index (χ4v) is 2.84. The van der Waals surface area contributed by atoms with E-state index < -0.39 is 0 Å². The van der Waals surface area contributed by atoms with Crippen molar-refractivity contribution in [1.82, 2.24) is 0 Å². The van der Waals surface area contributed by atoms with E-state index in [1.807, 2.05) is 43.3 Å². The molecule has 0 aliphatic heterocycles. The second kappa shape index (κ2) is 7.00. The van der Waals surface area contributed by atoms with Gasteiger partial charge in [0.15, 0.2) is 0 Å². The van der Waals surface area contributed by atoms with Gasteiger partial charge in [0.25, 0.3) is 0 Å². The predicted molar refractivity (Wildman–Crippen MR) is 88.8 cm³/mol. The summed E-state index contributed by atoms with van der Waals surface area (Å²) in [5, 5.41) is 4.18. The van der Waals surface area contributed by atoms with Crippen LogP contribution in [0.15, 0.2) is 46.9 Å². The molecule has 1 unspecified atom stereocenters. The van der Waals surface area contributed by atoms with Crippen molar-refractivity contribution < 1.29 is 4.74 Å². The van der Waals surface area contributed by atoms with Crippen molar-refractivity contribution in [3.63, 3.8) is 0 Å². The lowest BCUT2D eigenvalue weighted by Gasteiger charge is -2.19. The van der Waals surface area contributed by atoms with Crippen LogP contribution in [-0.4, -0.2) is 6.61 Å². The molecule has 106 valence electrons. The van der Waals surface area contributed by atoms with Crippen LogP contribution in [0.25, 0.3) is 0 Å². The third kappa shape index (κ3) is 3.68. The standard InChI is InChI=1S/C16H17BrClNO/c1-3-20-16-7-5-4-6-13(16)11(2)19-15-9-8-12(18)10-14(15)17/h4-11,19H,3H2,1-2H3. The van der Waals surface area contributed by atoms with Gasteiger partial charge in [-0.2, -0.15) is 0 Å². The van der Waals surface area contributed by atoms with Gasteiger partial charge in [-0.05, 0) is 54.0 Å². The molecule has 1 atom stereocenters. The molecule has 2 rings (SSSR count). The van der Waals surface area contributed by atoms with Crippen LogP contribution in [0.2, 0.25) is 5.02 Å². The van der Waals surface area contributed by atoms with Gasteiger partial charge in [-0.3, -0.25) is 0 Å². The maximum Gasteiger partial charge on any atom is 0.124 e. The zero-order chi connectivity index (χ0) is 14.5. The highest BCUT2D eigenvalue weighted by Crippen LogP contribution is 2.32. The van der Waals surface area contributed by atoms with Gasteiger partial charge in [-0.1, -0.05) is 29.8 Å². The van der Waals surface area contributed by atoms with Crippen molar-refractivity contribution >= 4 is 33.2 Å². The Bertz CT molecular complexity index is 588. The van der Waals surface area contributed by atoms with E-state index >= 15 is 0 Å². The number of hydrogen-bond donors (Lipinski definition) is 1. The minimum absolute atomic E-state index is 0.134. The average Bonchev–Trinajstić information content (AvgIpc) is 2.43. The second-order valence-corrected chi connectivity index (χ2v) is 5.75. The zero-order valence-corrected chi connectivity index (χ0v) is 13.8. The molecule has 2 aromatic carbocycles. The number of rotatable bonds is 5. The van der Waals surface area contributed by atoms with Gasteiger partial charge in [0.05, 0.1) is 12.6 Å². The SMILES string of the molecule is CCOc1ccccc1C(C)Nc1ccc(Cl)cc1Br. The van der Waals surface area contributed by atoms with Crippen molar-refractivity contribution in [2.45, 2.75) is 19.9 Å². The Hall–Kier alpha value is -1.19. The number of benzene rings is 2. The van der Waals surface area contributed by atoms with Crippen molar-refractivity contribution in [1.29, 1.82) is 0 Å². The molecule has 0 aliphatic rings. The summed E-state index contributed by atoms with van der Waals surface area (Å²) in [7, 11) is 0. The first-order valence-corrected chi connectivity index (χ1v) is 7.72. The molecule has 2 aromatic rings. The van der Waals surface area contributed by atoms with E-state index in [0.29, 0.717) is 11.6 Å². The number of nitrogens with one attached hydrogen (secondary N) is 1. The Labute approximate surface area is 133 Å². The van der Waals surface area contributed by atoms with Crippen molar-refractivity contribution in [3.8, 4) is 5.75 Å². The summed E-state index contributed by atoms with van der Waals surface area (Å²) in [4.78, 5) is 0. The number of anilines is 1. The lowest BCUT2D eigenvalue weighted by atomic mass is 10.1. The maximum atomic E-state index is 5.96. The summed E-state index contributed by atoms with van der Waals surface area (Å²) >= 11 is 9.48. The lowest BCUT2D eigenvalue weighted by molar-refractivity contribution is 0.335. The fraction of sp³-hybridized carbons (Fsp3) is 0.250. The van der Waals surface area contributed by atoms with Gasteiger partial charge < -0.3 is 10.1 Å². The quantitative estimate of drug-likeness (QED) is 0.746. The molecular formula is C16H17BrClNO. The van der Waals surface area contributed by atoms with E-state index in [0.717, 1.165) is 21.5 Å². The summed E-state index contributed by atoms with van der Waals surface area (Å²) in [6.07, 6.45) is 0. The van der Waals surface area contributed by atoms with Gasteiger partial charge in [-0.25, -0.2) is 0 Å². The fourth-order valence-electron chi connectivity index (χ4n) is 2.04. The third-order valence-corrected chi connectivity index (χ3v) is 3.88. The van der Waals surface area contributed by atoms with Crippen molar-refractivity contribution in [2.24, 2.45) is 0 Å². The first-order valence-electron chi connectivity index (χ1n) is 6.55. The molecule has 0 aliphatic carbocycles. The smallest absolute Gasteiger partial charge is 0.124 e. The Balaban J connectivity index is 2.21. The van der Waals surface area contributed by atoms with Gasteiger partial charge in [0.2, 0.25) is 0 Å². The lowest BCUT2D eigenvalue weighted by Crippen LogP contribution is -2.09. The van der Waals surface area contributed by atoms with E-state index in [2.05, 4.69) is 34.2 Å². The van der Waals surface area contributed by atoms with E-state index in [-0.39, 0.29) is 6.04 Å². The van der Waals surface area contributed by atoms with E-state index in [4.69, 9.17) is 16.3 Å². The Kier molecular flexibility index (Phi) is 5.32. The largest absolute Gasteiger partial charge is 0.494 e. The molecule has 0 amide bonds. The molecule has 1 N–H and O–H groups in total. The van der Waals surface area contributed by atoms with Gasteiger partial charge >= 0.3 is 0 Å². The number of hydrogen-bond acceptors (Lipinski definition) is 2. The maximum absolute atomic E-state index is 5.96. The average molecular weight is 355 g/mol. The summed E-state index contributed by atoms with van der Waals surface area (Å²) in [6, 6.07) is 13.9. The van der Waals surface area contributed by atoms with Crippen LogP contribution in [0.1, 0.15) is 25.5 Å². The third-order valence-electron chi connectivity index (χ3n) is 2.99. The molecule has 0 radical (unpaired) electrons. The first kappa shape index (κ1) is 15.2. The number of halogens is 2. The molecule has 20 heavy (non-hydrogen) atoms. The van der Waals surface area contributed by atoms with Crippen LogP contribution in [-0.2, 0) is 0 Å². The molecule has 0 heterocycles. The van der Waals surface area contributed by atoms with Gasteiger partial charge in [0.1, 0.15) is 5.75 Å². The van der Waals surface area contributed by atoms with E-state index in [1.165, 1.54) is 0 Å². The first-order chi connectivity index (χ1) is 9.61. The molecule has 0 fully saturated rings. The summed E-state index contributed by atoms with van der Waals surface area (Å²) < 4.78 is 6.62. The van der Waals surface area contributed by atoms with Crippen LogP contribution < -0.4 is 10.1 Å². The Morgan fingerprint density at radius 2 is 2.00 bits per heavy atom. The van der Waals surface area contributed by atoms with Crippen molar-refractivity contribution in [2.75, 3.05) is 11.9 Å². The predicted octanol–water partition coefficient (Wildman–Crippen LogP) is 5.67. The Morgan fingerprint density at radius 3 is 2.70 bits per heavy atom. The summed E-state index contributed by atoms with van der Waals surface area (Å²) in [5.74, 6) is 0.917. The summed E-state index contributed by atoms with van der Waals surface area (Å²) in [5.41, 5.74) is 2.14. The highest BCUT2D eigenvalue weighted by Gasteiger charge is 2.12. The van der Waals surface area contributed by atoms with Crippen LogP contribution in [0.4, 0.5) is 5.69 Å². The number of para-hydroxylation sites is 1. The second-order valence-electron chi connectivity index (χ2n) is 4.46. The minimum atomic E-state index is 0.134. The highest BCUT2D eigenvalue weighted by atomic mass is 79.9. The molecule has 2 nitrogen and oxygen atoms in total. The minimum Gasteiger partial charge on any atom is -0.494 e. The van der Waals surface area contributed by atoms with Gasteiger partial charge in [0, 0.05) is 20.7 Å². The molecule has 0 aromatic heterocycles. The van der Waals surface area contributed by atoms with E-state index in [1.54, 1.807) is 0 Å². The molecular weight excluding hydrogens is 338 g/mol. The van der Waals surface area contributed by atoms with Crippen LogP contribution in [0.3, 0.4) is 0 Å². The van der Waals surface area contributed by atoms with Crippen LogP contribution in [0, 0.1) is 0 Å². The summed E-state index contributed by atoms with van der Waals surface area (Å²) in [6.45, 7) is 4.76. The van der Waals surface area contributed by atoms with Crippen LogP contribution >= 0.6 is 27.5 Å².